The Balaban J connectivity index is 2.55. The Morgan fingerprint density at radius 3 is 2.47 bits per heavy atom. The molecule has 1 atom stereocenters. The van der Waals surface area contributed by atoms with Gasteiger partial charge in [0.1, 0.15) is 6.04 Å². The van der Waals surface area contributed by atoms with Crippen LogP contribution in [0.3, 0.4) is 0 Å². The number of amides is 1. The molecule has 5 nitrogen and oxygen atoms in total. The summed E-state index contributed by atoms with van der Waals surface area (Å²) in [7, 11) is 1.61. The van der Waals surface area contributed by atoms with Crippen molar-refractivity contribution in [1.82, 2.24) is 10.3 Å². The Morgan fingerprint density at radius 2 is 2.00 bits per heavy atom. The van der Waals surface area contributed by atoms with Crippen LogP contribution in [0.25, 0.3) is 0 Å². The number of nitrogens with two attached hydrogens (primary N) is 1. The number of likely N-dealkylation sites (tertiary alicyclic amines) is 1. The van der Waals surface area contributed by atoms with Crippen LogP contribution < -0.4 is 11.3 Å². The monoisotopic (exact) mass is 215 g/mol. The van der Waals surface area contributed by atoms with Gasteiger partial charge in [-0.1, -0.05) is 12.8 Å². The molecule has 0 aliphatic carbocycles. The Bertz CT molecular complexity index is 191. The molecule has 1 rings (SSSR count). The van der Waals surface area contributed by atoms with Gasteiger partial charge in [-0.3, -0.25) is 15.1 Å². The fourth-order valence-electron chi connectivity index (χ4n) is 2.01. The van der Waals surface area contributed by atoms with Gasteiger partial charge in [0.25, 0.3) is 5.91 Å². The molecule has 1 unspecified atom stereocenters. The molecule has 0 radical (unpaired) electrons. The van der Waals surface area contributed by atoms with Crippen LogP contribution in [0.1, 0.15) is 25.7 Å². The van der Waals surface area contributed by atoms with E-state index in [2.05, 4.69) is 10.3 Å². The van der Waals surface area contributed by atoms with Crippen molar-refractivity contribution in [2.24, 2.45) is 5.84 Å². The van der Waals surface area contributed by atoms with Crippen LogP contribution in [0.2, 0.25) is 0 Å². The molecule has 0 bridgehead atoms. The maximum absolute atomic E-state index is 11.6. The predicted octanol–water partition coefficient (Wildman–Crippen LogP) is -0.133. The van der Waals surface area contributed by atoms with Gasteiger partial charge in [-0.2, -0.15) is 0 Å². The van der Waals surface area contributed by atoms with Crippen LogP contribution >= 0.6 is 0 Å². The van der Waals surface area contributed by atoms with Gasteiger partial charge in [-0.25, -0.2) is 5.84 Å². The fourth-order valence-corrected chi connectivity index (χ4v) is 2.01. The lowest BCUT2D eigenvalue weighted by Gasteiger charge is -2.28. The number of carbonyl (C=O) groups excluding carboxylic acids is 1. The summed E-state index contributed by atoms with van der Waals surface area (Å²) in [6.45, 7) is 2.33. The fraction of sp³-hybridized carbons (Fsp3) is 0.900. The highest BCUT2D eigenvalue weighted by atomic mass is 16.5. The number of hydrogen-bond acceptors (Lipinski definition) is 4. The molecule has 88 valence electrons. The first-order valence-corrected chi connectivity index (χ1v) is 5.53. The Labute approximate surface area is 90.9 Å². The number of nitrogens with zero attached hydrogens (tertiary/aromatic N) is 1. The van der Waals surface area contributed by atoms with Gasteiger partial charge in [-0.15, -0.1) is 0 Å². The molecule has 1 saturated heterocycles. The van der Waals surface area contributed by atoms with Crippen molar-refractivity contribution in [3.63, 3.8) is 0 Å². The number of ether oxygens (including phenoxy) is 1. The molecule has 1 fully saturated rings. The highest BCUT2D eigenvalue weighted by Gasteiger charge is 2.25. The molecule has 1 aliphatic heterocycles. The third-order valence-electron chi connectivity index (χ3n) is 2.85. The number of hydrogen-bond donors (Lipinski definition) is 2. The summed E-state index contributed by atoms with van der Waals surface area (Å²) in [4.78, 5) is 13.7. The molecule has 1 amide bonds. The van der Waals surface area contributed by atoms with E-state index in [9.17, 15) is 4.79 Å². The lowest BCUT2D eigenvalue weighted by Crippen LogP contribution is -2.51. The molecule has 1 heterocycles. The van der Waals surface area contributed by atoms with Gasteiger partial charge in [-0.05, 0) is 25.9 Å². The zero-order chi connectivity index (χ0) is 11.1. The zero-order valence-electron chi connectivity index (χ0n) is 9.37. The number of carbonyl (C=O) groups is 1. The summed E-state index contributed by atoms with van der Waals surface area (Å²) in [5.41, 5.74) is 2.21. The van der Waals surface area contributed by atoms with Crippen LogP contribution in [0.5, 0.6) is 0 Å². The molecule has 0 aromatic carbocycles. The second kappa shape index (κ2) is 6.76. The van der Waals surface area contributed by atoms with E-state index in [1.807, 2.05) is 0 Å². The van der Waals surface area contributed by atoms with Crippen LogP contribution in [0.15, 0.2) is 0 Å². The lowest BCUT2D eigenvalue weighted by atomic mass is 10.2. The summed E-state index contributed by atoms with van der Waals surface area (Å²) >= 11 is 0. The van der Waals surface area contributed by atoms with E-state index >= 15 is 0 Å². The molecule has 3 N–H and O–H groups in total. The van der Waals surface area contributed by atoms with E-state index in [1.165, 1.54) is 12.8 Å². The highest BCUT2D eigenvalue weighted by Crippen LogP contribution is 2.12. The molecule has 5 heteroatoms. The summed E-state index contributed by atoms with van der Waals surface area (Å²) in [5, 5.41) is 0. The van der Waals surface area contributed by atoms with Crippen LogP contribution in [0.4, 0.5) is 0 Å². The van der Waals surface area contributed by atoms with Crippen molar-refractivity contribution in [1.29, 1.82) is 0 Å². The van der Waals surface area contributed by atoms with Crippen molar-refractivity contribution < 1.29 is 9.53 Å². The molecular weight excluding hydrogens is 194 g/mol. The van der Waals surface area contributed by atoms with E-state index < -0.39 is 0 Å². The third kappa shape index (κ3) is 3.77. The summed E-state index contributed by atoms with van der Waals surface area (Å²) in [6.07, 6.45) is 4.80. The quantitative estimate of drug-likeness (QED) is 0.389. The molecule has 15 heavy (non-hydrogen) atoms. The first kappa shape index (κ1) is 12.4. The standard InChI is InChI=1S/C10H21N3O2/c1-15-8-9(10(14)12-11)13-6-4-2-3-5-7-13/h9H,2-8,11H2,1H3,(H,12,14). The topological polar surface area (TPSA) is 67.6 Å². The second-order valence-electron chi connectivity index (χ2n) is 3.93. The lowest BCUT2D eigenvalue weighted by molar-refractivity contribution is -0.128. The van der Waals surface area contributed by atoms with Gasteiger partial charge in [0.2, 0.25) is 0 Å². The molecular formula is C10H21N3O2. The van der Waals surface area contributed by atoms with Gasteiger partial charge < -0.3 is 4.74 Å². The first-order valence-electron chi connectivity index (χ1n) is 5.53. The Morgan fingerprint density at radius 1 is 1.40 bits per heavy atom. The van der Waals surface area contributed by atoms with Crippen molar-refractivity contribution in [2.45, 2.75) is 31.7 Å². The minimum Gasteiger partial charge on any atom is -0.383 e. The average Bonchev–Trinajstić information content (AvgIpc) is 2.53. The summed E-state index contributed by atoms with van der Waals surface area (Å²) in [6, 6.07) is -0.238. The summed E-state index contributed by atoms with van der Waals surface area (Å²) in [5.74, 6) is 5.01. The second-order valence-corrected chi connectivity index (χ2v) is 3.93. The number of hydrazine groups is 1. The highest BCUT2D eigenvalue weighted by molar-refractivity contribution is 5.81. The SMILES string of the molecule is COCC(C(=O)NN)N1CCCCCC1. The van der Waals surface area contributed by atoms with Gasteiger partial charge in [0, 0.05) is 7.11 Å². The van der Waals surface area contributed by atoms with Gasteiger partial charge in [0.05, 0.1) is 6.61 Å². The first-order chi connectivity index (χ1) is 7.29. The minimum atomic E-state index is -0.238. The molecule has 1 aliphatic rings. The molecule has 0 aromatic heterocycles. The Kier molecular flexibility index (Phi) is 5.60. The van der Waals surface area contributed by atoms with E-state index in [1.54, 1.807) is 7.11 Å². The van der Waals surface area contributed by atoms with E-state index in [-0.39, 0.29) is 11.9 Å². The maximum atomic E-state index is 11.6. The van der Waals surface area contributed by atoms with E-state index in [4.69, 9.17) is 10.6 Å². The van der Waals surface area contributed by atoms with Crippen molar-refractivity contribution in [3.8, 4) is 0 Å². The smallest absolute Gasteiger partial charge is 0.253 e. The molecule has 0 saturated carbocycles. The summed E-state index contributed by atoms with van der Waals surface area (Å²) < 4.78 is 5.06. The largest absolute Gasteiger partial charge is 0.383 e. The minimum absolute atomic E-state index is 0.154. The normalized spacial score (nSPS) is 20.7. The van der Waals surface area contributed by atoms with Crippen molar-refractivity contribution in [2.75, 3.05) is 26.8 Å². The van der Waals surface area contributed by atoms with Crippen LogP contribution in [-0.2, 0) is 9.53 Å². The van der Waals surface area contributed by atoms with Crippen molar-refractivity contribution in [3.05, 3.63) is 0 Å². The number of rotatable bonds is 4. The van der Waals surface area contributed by atoms with Crippen LogP contribution in [-0.4, -0.2) is 43.7 Å². The van der Waals surface area contributed by atoms with E-state index in [0.29, 0.717) is 6.61 Å². The Hall–Kier alpha value is -0.650. The van der Waals surface area contributed by atoms with Crippen molar-refractivity contribution >= 4 is 5.91 Å². The molecule has 0 spiro atoms. The van der Waals surface area contributed by atoms with Gasteiger partial charge in [0.15, 0.2) is 0 Å². The van der Waals surface area contributed by atoms with Crippen LogP contribution in [0, 0.1) is 0 Å². The van der Waals surface area contributed by atoms with E-state index in [0.717, 1.165) is 25.9 Å². The number of methoxy groups -OCH3 is 1. The number of nitrogens with one attached hydrogen (secondary N) is 1. The average molecular weight is 215 g/mol. The zero-order valence-corrected chi connectivity index (χ0v) is 9.37. The predicted molar refractivity (Wildman–Crippen MR) is 58.0 cm³/mol. The van der Waals surface area contributed by atoms with Gasteiger partial charge >= 0.3 is 0 Å². The third-order valence-corrected chi connectivity index (χ3v) is 2.85. The molecule has 0 aromatic rings. The maximum Gasteiger partial charge on any atom is 0.253 e.